The molecule has 3 rings (SSSR count). The first-order valence-electron chi connectivity index (χ1n) is 8.90. The molecule has 3 aromatic rings. The van der Waals surface area contributed by atoms with Crippen LogP contribution in [0.5, 0.6) is 5.75 Å². The summed E-state index contributed by atoms with van der Waals surface area (Å²) >= 11 is 0. The minimum absolute atomic E-state index is 0.0670. The van der Waals surface area contributed by atoms with Gasteiger partial charge in [0.2, 0.25) is 0 Å². The van der Waals surface area contributed by atoms with Crippen LogP contribution < -0.4 is 10.1 Å². The van der Waals surface area contributed by atoms with Crippen molar-refractivity contribution in [3.63, 3.8) is 0 Å². The van der Waals surface area contributed by atoms with E-state index < -0.39 is 0 Å². The minimum atomic E-state index is -0.0670. The molecule has 1 aromatic heterocycles. The number of nitrogens with one attached hydrogen (secondary N) is 1. The van der Waals surface area contributed by atoms with Crippen molar-refractivity contribution in [2.45, 2.75) is 33.7 Å². The molecule has 1 amide bonds. The largest absolute Gasteiger partial charge is 0.494 e. The molecule has 136 valence electrons. The van der Waals surface area contributed by atoms with Gasteiger partial charge in [-0.1, -0.05) is 5.21 Å². The van der Waals surface area contributed by atoms with Gasteiger partial charge >= 0.3 is 0 Å². The van der Waals surface area contributed by atoms with E-state index in [0.29, 0.717) is 18.7 Å². The number of aromatic nitrogens is 3. The fraction of sp³-hybridized carbons (Fsp3) is 0.350. The number of hydrogen-bond donors (Lipinski definition) is 1. The Bertz CT molecular complexity index is 900. The van der Waals surface area contributed by atoms with E-state index in [2.05, 4.69) is 41.6 Å². The smallest absolute Gasteiger partial charge is 0.251 e. The standard InChI is InChI=1S/C20H24N4O2/c1-4-21-20(25)16-6-8-17(9-7-16)26-11-5-10-24-19-13-15(3)14(2)12-18(19)22-23-24/h6-9,12-13H,4-5,10-11H2,1-3H3,(H,21,25). The van der Waals surface area contributed by atoms with Gasteiger partial charge in [-0.2, -0.15) is 0 Å². The highest BCUT2D eigenvalue weighted by molar-refractivity contribution is 5.94. The Morgan fingerprint density at radius 3 is 2.62 bits per heavy atom. The highest BCUT2D eigenvalue weighted by Crippen LogP contribution is 2.17. The van der Waals surface area contributed by atoms with Crippen LogP contribution in [-0.4, -0.2) is 34.1 Å². The third kappa shape index (κ3) is 4.02. The van der Waals surface area contributed by atoms with Crippen molar-refractivity contribution in [2.75, 3.05) is 13.2 Å². The van der Waals surface area contributed by atoms with E-state index in [1.54, 1.807) is 12.1 Å². The highest BCUT2D eigenvalue weighted by atomic mass is 16.5. The third-order valence-electron chi connectivity index (χ3n) is 4.37. The molecule has 0 aliphatic heterocycles. The van der Waals surface area contributed by atoms with Crippen LogP contribution in [0.2, 0.25) is 0 Å². The number of carbonyl (C=O) groups is 1. The molecule has 2 aromatic carbocycles. The van der Waals surface area contributed by atoms with E-state index in [1.165, 1.54) is 11.1 Å². The zero-order chi connectivity index (χ0) is 18.5. The Morgan fingerprint density at radius 2 is 1.88 bits per heavy atom. The van der Waals surface area contributed by atoms with E-state index >= 15 is 0 Å². The highest BCUT2D eigenvalue weighted by Gasteiger charge is 2.07. The molecule has 0 bridgehead atoms. The number of benzene rings is 2. The van der Waals surface area contributed by atoms with E-state index in [4.69, 9.17) is 4.74 Å². The molecule has 0 saturated carbocycles. The number of rotatable bonds is 7. The summed E-state index contributed by atoms with van der Waals surface area (Å²) in [7, 11) is 0. The Kier molecular flexibility index (Phi) is 5.51. The Hall–Kier alpha value is -2.89. The summed E-state index contributed by atoms with van der Waals surface area (Å²) in [5, 5.41) is 11.2. The fourth-order valence-corrected chi connectivity index (χ4v) is 2.76. The van der Waals surface area contributed by atoms with Crippen molar-refractivity contribution >= 4 is 16.9 Å². The van der Waals surface area contributed by atoms with Gasteiger partial charge in [-0.05, 0) is 68.3 Å². The maximum atomic E-state index is 11.7. The van der Waals surface area contributed by atoms with Crippen molar-refractivity contribution in [3.8, 4) is 5.75 Å². The van der Waals surface area contributed by atoms with Crippen molar-refractivity contribution in [1.29, 1.82) is 0 Å². The minimum Gasteiger partial charge on any atom is -0.494 e. The van der Waals surface area contributed by atoms with Gasteiger partial charge in [-0.3, -0.25) is 4.79 Å². The Balaban J connectivity index is 1.53. The molecule has 26 heavy (non-hydrogen) atoms. The maximum Gasteiger partial charge on any atom is 0.251 e. The van der Waals surface area contributed by atoms with Gasteiger partial charge in [0.1, 0.15) is 11.3 Å². The van der Waals surface area contributed by atoms with Gasteiger partial charge in [0.05, 0.1) is 12.1 Å². The number of aryl methyl sites for hydroxylation is 3. The first kappa shape index (κ1) is 17.9. The van der Waals surface area contributed by atoms with Crippen LogP contribution in [0, 0.1) is 13.8 Å². The molecule has 0 unspecified atom stereocenters. The van der Waals surface area contributed by atoms with Crippen LogP contribution >= 0.6 is 0 Å². The molecule has 1 heterocycles. The molecule has 0 saturated heterocycles. The van der Waals surface area contributed by atoms with Crippen LogP contribution in [-0.2, 0) is 6.54 Å². The summed E-state index contributed by atoms with van der Waals surface area (Å²) in [6.07, 6.45) is 0.823. The summed E-state index contributed by atoms with van der Waals surface area (Å²) in [5.74, 6) is 0.690. The molecular weight excluding hydrogens is 328 g/mol. The van der Waals surface area contributed by atoms with Crippen LogP contribution in [0.4, 0.5) is 0 Å². The van der Waals surface area contributed by atoms with Crippen molar-refractivity contribution in [1.82, 2.24) is 20.3 Å². The molecule has 6 heteroatoms. The Morgan fingerprint density at radius 1 is 1.15 bits per heavy atom. The summed E-state index contributed by atoms with van der Waals surface area (Å²) < 4.78 is 7.68. The number of carbonyl (C=O) groups excluding carboxylic acids is 1. The number of ether oxygens (including phenoxy) is 1. The number of amides is 1. The third-order valence-corrected chi connectivity index (χ3v) is 4.37. The summed E-state index contributed by atoms with van der Waals surface area (Å²) in [5.41, 5.74) is 5.08. The molecule has 1 N–H and O–H groups in total. The van der Waals surface area contributed by atoms with Crippen LogP contribution in [0.25, 0.3) is 11.0 Å². The first-order valence-corrected chi connectivity index (χ1v) is 8.90. The molecule has 0 radical (unpaired) electrons. The van der Waals surface area contributed by atoms with Gasteiger partial charge in [0, 0.05) is 25.1 Å². The lowest BCUT2D eigenvalue weighted by atomic mass is 10.1. The lowest BCUT2D eigenvalue weighted by Crippen LogP contribution is -2.22. The SMILES string of the molecule is CCNC(=O)c1ccc(OCCCn2nnc3cc(C)c(C)cc32)cc1. The van der Waals surface area contributed by atoms with Crippen LogP contribution in [0.1, 0.15) is 34.8 Å². The average molecular weight is 352 g/mol. The van der Waals surface area contributed by atoms with Gasteiger partial charge in [-0.25, -0.2) is 4.68 Å². The summed E-state index contributed by atoms with van der Waals surface area (Å²) in [4.78, 5) is 11.7. The topological polar surface area (TPSA) is 69.0 Å². The maximum absolute atomic E-state index is 11.7. The predicted octanol–water partition coefficient (Wildman–Crippen LogP) is 3.27. The van der Waals surface area contributed by atoms with Gasteiger partial charge in [0.15, 0.2) is 0 Å². The zero-order valence-electron chi connectivity index (χ0n) is 15.5. The Labute approximate surface area is 153 Å². The van der Waals surface area contributed by atoms with E-state index in [9.17, 15) is 4.79 Å². The second-order valence-electron chi connectivity index (χ2n) is 6.32. The predicted molar refractivity (Wildman–Crippen MR) is 102 cm³/mol. The number of hydrogen-bond acceptors (Lipinski definition) is 4. The summed E-state index contributed by atoms with van der Waals surface area (Å²) in [6, 6.07) is 11.4. The fourth-order valence-electron chi connectivity index (χ4n) is 2.76. The number of nitrogens with zero attached hydrogens (tertiary/aromatic N) is 3. The molecule has 6 nitrogen and oxygen atoms in total. The van der Waals surface area contributed by atoms with Crippen LogP contribution in [0.3, 0.4) is 0 Å². The van der Waals surface area contributed by atoms with Crippen LogP contribution in [0.15, 0.2) is 36.4 Å². The van der Waals surface area contributed by atoms with E-state index in [1.807, 2.05) is 23.7 Å². The zero-order valence-corrected chi connectivity index (χ0v) is 15.5. The lowest BCUT2D eigenvalue weighted by molar-refractivity contribution is 0.0956. The molecule has 0 aliphatic rings. The number of fused-ring (bicyclic) bond motifs is 1. The summed E-state index contributed by atoms with van der Waals surface area (Å²) in [6.45, 7) is 8.02. The van der Waals surface area contributed by atoms with Gasteiger partial charge < -0.3 is 10.1 Å². The monoisotopic (exact) mass is 352 g/mol. The molecule has 0 atom stereocenters. The quantitative estimate of drug-likeness (QED) is 0.663. The van der Waals surface area contributed by atoms with Crippen molar-refractivity contribution < 1.29 is 9.53 Å². The van der Waals surface area contributed by atoms with E-state index in [-0.39, 0.29) is 5.91 Å². The average Bonchev–Trinajstić information content (AvgIpc) is 3.01. The van der Waals surface area contributed by atoms with E-state index in [0.717, 1.165) is 29.7 Å². The van der Waals surface area contributed by atoms with Gasteiger partial charge in [0.25, 0.3) is 5.91 Å². The molecule has 0 aliphatic carbocycles. The van der Waals surface area contributed by atoms with Gasteiger partial charge in [-0.15, -0.1) is 5.10 Å². The molecule has 0 fully saturated rings. The lowest BCUT2D eigenvalue weighted by Gasteiger charge is -2.08. The van der Waals surface area contributed by atoms with Crippen molar-refractivity contribution in [2.24, 2.45) is 0 Å². The normalized spacial score (nSPS) is 10.9. The first-order chi connectivity index (χ1) is 12.6. The van der Waals surface area contributed by atoms with Crippen molar-refractivity contribution in [3.05, 3.63) is 53.1 Å². The second-order valence-corrected chi connectivity index (χ2v) is 6.32. The molecule has 0 spiro atoms. The second kappa shape index (κ2) is 7.99. The molecular formula is C20H24N4O2.